The number of hydrogen-bond donors (Lipinski definition) is 29. The highest BCUT2D eigenvalue weighted by Gasteiger charge is 2.46. The van der Waals surface area contributed by atoms with Crippen molar-refractivity contribution in [1.29, 1.82) is 16.2 Å². The van der Waals surface area contributed by atoms with Gasteiger partial charge in [0.1, 0.15) is 96.4 Å². The molecule has 4 aromatic carbocycles. The number of phenolic OH excluding ortho intramolecular Hbond substituents is 1. The molecule has 0 bridgehead atoms. The van der Waals surface area contributed by atoms with E-state index in [2.05, 4.69) is 84.7 Å². The number of aliphatic carboxylic acids is 2. The molecule has 34 N–H and O–H groups in total. The highest BCUT2D eigenvalue weighted by Crippen LogP contribution is 2.28. The molecule has 0 spiro atoms. The Bertz CT molecular complexity index is 5070. The van der Waals surface area contributed by atoms with Crippen molar-refractivity contribution >= 4 is 129 Å². The topological polar surface area (TPSA) is 796 Å². The number of rotatable bonds is 55. The predicted molar refractivity (Wildman–Crippen MR) is 495 cm³/mol. The van der Waals surface area contributed by atoms with E-state index < -0.39 is 242 Å². The van der Waals surface area contributed by atoms with Crippen LogP contribution < -0.4 is 108 Å². The van der Waals surface area contributed by atoms with Gasteiger partial charge in [-0.05, 0) is 124 Å². The van der Waals surface area contributed by atoms with Crippen molar-refractivity contribution in [3.05, 3.63) is 138 Å². The first kappa shape index (κ1) is 109. The van der Waals surface area contributed by atoms with Gasteiger partial charge in [-0.15, -0.1) is 0 Å². The Morgan fingerprint density at radius 3 is 1.33 bits per heavy atom. The van der Waals surface area contributed by atoms with Gasteiger partial charge in [0.15, 0.2) is 17.9 Å². The quantitative estimate of drug-likeness (QED) is 0.00978. The number of likely N-dealkylation sites (tertiary alicyclic amines) is 2. The summed E-state index contributed by atoms with van der Waals surface area (Å²) in [5.74, 6) is -20.1. The maximum absolute atomic E-state index is 15.4. The van der Waals surface area contributed by atoms with Crippen LogP contribution >= 0.6 is 0 Å². The molecule has 48 heteroatoms. The highest BCUT2D eigenvalue weighted by molar-refractivity contribution is 6.02. The van der Waals surface area contributed by atoms with E-state index in [0.717, 1.165) is 0 Å². The first-order valence-electron chi connectivity index (χ1n) is 44.7. The zero-order valence-electron chi connectivity index (χ0n) is 76.1. The number of aliphatic hydroxyl groups is 2. The van der Waals surface area contributed by atoms with E-state index in [1.807, 2.05) is 0 Å². The number of aromatic nitrogens is 1. The van der Waals surface area contributed by atoms with Crippen LogP contribution in [0.1, 0.15) is 126 Å². The monoisotopic (exact) mass is 1910 g/mol. The van der Waals surface area contributed by atoms with Crippen LogP contribution in [0.2, 0.25) is 0 Å². The van der Waals surface area contributed by atoms with Crippen molar-refractivity contribution < 1.29 is 107 Å². The first-order valence-corrected chi connectivity index (χ1v) is 44.7. The Morgan fingerprint density at radius 1 is 0.423 bits per heavy atom. The summed E-state index contributed by atoms with van der Waals surface area (Å²) in [5.41, 5.74) is 30.4. The number of hydrogen-bond acceptors (Lipinski definition) is 24. The van der Waals surface area contributed by atoms with Crippen LogP contribution in [0.5, 0.6) is 5.75 Å². The fraction of sp³-hybridized carbons (Fsp3) is 0.483. The fourth-order valence-electron chi connectivity index (χ4n) is 15.5. The van der Waals surface area contributed by atoms with Crippen LogP contribution in [-0.2, 0) is 107 Å². The molecule has 2 aliphatic heterocycles. The van der Waals surface area contributed by atoms with Gasteiger partial charge in [0.2, 0.25) is 88.6 Å². The number of nitrogens with two attached hydrogens (primary N) is 5. The number of aromatic hydroxyl groups is 1. The maximum Gasteiger partial charge on any atom is 0.326 e. The standard InChI is InChI=1S/C89H126N26O22/c1-47(2)37-60(76(126)102-48(3)72(122)106-64(42-70(91)119)80(130)108-61(38-49-17-6-4-7-18-49)78(128)112-66(86(136)137)40-50-19-8-5-9-20-50)107-75(125)58(24-13-33-99-88(94)95)104-83(133)68-26-15-35-114(68)85(135)69-27-16-36-115(69)84(134)59(25-14-34-100-89(96)97)105-74(124)57(23-12-32-98-87(92)93)103-77(127)62(39-51-28-30-53(118)31-29-51)109-81(131)65(43-71(120)121)111-79(129)63(41-52-44-101-56-22-11-10-21-54(52)56)110-82(132)67(46-117)113-73(123)55(90)45-116/h4-11,17-22,28-31,44,47-48,55,57-69,101,116-118H,12-16,23-27,32-43,45-46,90H2,1-3H3,(H2,91,119)(H,102,126)(H,103,127)(H,104,133)(H,105,124)(H,106,122)(H,107,125)(H,108,130)(H,109,131)(H,110,132)(H,111,129)(H,112,128)(H,113,123)(H,120,121)(H,136,137)(H4,92,93,98)(H4,94,95,99)(H4,96,97,100)/t48-,55-,57-,58-,59-,60-,61-,62-,63-,64-,65-,66-,67-,68-,69-/m0/s1. The van der Waals surface area contributed by atoms with Gasteiger partial charge < -0.3 is 149 Å². The minimum atomic E-state index is -2.07. The summed E-state index contributed by atoms with van der Waals surface area (Å²) in [6.45, 7) is 2.56. The molecule has 0 radical (unpaired) electrons. The molecule has 0 aliphatic carbocycles. The minimum Gasteiger partial charge on any atom is -0.508 e. The van der Waals surface area contributed by atoms with Gasteiger partial charge in [0.05, 0.1) is 26.1 Å². The molecule has 2 saturated heterocycles. The summed E-state index contributed by atoms with van der Waals surface area (Å²) in [6, 6.07) is 4.93. The van der Waals surface area contributed by atoms with Gasteiger partial charge in [-0.3, -0.25) is 92.9 Å². The smallest absolute Gasteiger partial charge is 0.326 e. The Labute approximate surface area is 788 Å². The van der Waals surface area contributed by atoms with Crippen LogP contribution in [-0.4, -0.2) is 295 Å². The number of nitrogens with one attached hydrogen (secondary N) is 19. The fourth-order valence-corrected chi connectivity index (χ4v) is 15.5. The number of carboxylic acid groups (broad SMARTS) is 2. The second-order valence-electron chi connectivity index (χ2n) is 33.8. The van der Waals surface area contributed by atoms with E-state index in [9.17, 15) is 87.9 Å². The Hall–Kier alpha value is -15.1. The zero-order valence-corrected chi connectivity index (χ0v) is 76.1. The third-order valence-corrected chi connectivity index (χ3v) is 22.5. The van der Waals surface area contributed by atoms with Crippen LogP contribution in [0.4, 0.5) is 0 Å². The summed E-state index contributed by atoms with van der Waals surface area (Å²) < 4.78 is 0. The number of carboxylic acids is 2. The molecule has 48 nitrogen and oxygen atoms in total. The largest absolute Gasteiger partial charge is 0.508 e. The predicted octanol–water partition coefficient (Wildman–Crippen LogP) is -6.45. The number of guanidine groups is 3. The number of carbonyl (C=O) groups is 17. The van der Waals surface area contributed by atoms with E-state index in [-0.39, 0.29) is 140 Å². The molecule has 1 aromatic heterocycles. The van der Waals surface area contributed by atoms with Crippen LogP contribution in [0.25, 0.3) is 10.9 Å². The molecule has 7 rings (SSSR count). The third kappa shape index (κ3) is 35.3. The van der Waals surface area contributed by atoms with E-state index >= 15 is 19.2 Å². The molecule has 2 aliphatic rings. The Balaban J connectivity index is 1.09. The molecular weight excluding hydrogens is 1790 g/mol. The molecule has 0 unspecified atom stereocenters. The number of primary amides is 1. The average molecular weight is 1910 g/mol. The molecule has 744 valence electrons. The van der Waals surface area contributed by atoms with E-state index in [4.69, 9.17) is 44.9 Å². The molecule has 2 fully saturated rings. The molecule has 5 aromatic rings. The van der Waals surface area contributed by atoms with Crippen LogP contribution in [0.15, 0.2) is 115 Å². The number of benzene rings is 4. The molecule has 0 saturated carbocycles. The summed E-state index contributed by atoms with van der Waals surface area (Å²) in [7, 11) is 0. The van der Waals surface area contributed by atoms with Gasteiger partial charge in [-0.25, -0.2) is 4.79 Å². The number of nitrogens with zero attached hydrogens (tertiary/aromatic N) is 2. The summed E-state index contributed by atoms with van der Waals surface area (Å²) in [6.07, 6.45) is -1.81. The molecule has 15 amide bonds. The molecular formula is C89H126N26O22. The van der Waals surface area contributed by atoms with Crippen molar-refractivity contribution in [3.8, 4) is 5.75 Å². The summed E-state index contributed by atoms with van der Waals surface area (Å²) in [4.78, 5) is 246. The van der Waals surface area contributed by atoms with Crippen LogP contribution in [0.3, 0.4) is 0 Å². The van der Waals surface area contributed by atoms with Crippen molar-refractivity contribution in [2.45, 2.75) is 221 Å². The van der Waals surface area contributed by atoms with Gasteiger partial charge in [-0.1, -0.05) is 105 Å². The Morgan fingerprint density at radius 2 is 0.825 bits per heavy atom. The number of H-pyrrole nitrogens is 1. The normalized spacial score (nSPS) is 16.2. The molecule has 3 heterocycles. The minimum absolute atomic E-state index is 0.00858. The van der Waals surface area contributed by atoms with E-state index in [1.54, 1.807) is 98.8 Å². The van der Waals surface area contributed by atoms with Crippen molar-refractivity contribution in [2.24, 2.45) is 34.6 Å². The second-order valence-corrected chi connectivity index (χ2v) is 33.8. The number of aromatic amines is 1. The highest BCUT2D eigenvalue weighted by atomic mass is 16.4. The lowest BCUT2D eigenvalue weighted by molar-refractivity contribution is -0.148. The number of aliphatic hydroxyl groups excluding tert-OH is 2. The van der Waals surface area contributed by atoms with Gasteiger partial charge in [0, 0.05) is 75.5 Å². The molecule has 15 atom stereocenters. The maximum atomic E-state index is 15.4. The summed E-state index contributed by atoms with van der Waals surface area (Å²) >= 11 is 0. The van der Waals surface area contributed by atoms with Crippen molar-refractivity contribution in [3.63, 3.8) is 0 Å². The first-order chi connectivity index (χ1) is 65.1. The third-order valence-electron chi connectivity index (χ3n) is 22.5. The van der Waals surface area contributed by atoms with Gasteiger partial charge >= 0.3 is 11.9 Å². The molecule has 137 heavy (non-hydrogen) atoms. The van der Waals surface area contributed by atoms with Crippen LogP contribution in [0, 0.1) is 22.1 Å². The zero-order chi connectivity index (χ0) is 101. The number of phenols is 1. The average Bonchev–Trinajstić information content (AvgIpc) is 1.66. The summed E-state index contributed by atoms with van der Waals surface area (Å²) in [5, 5.41) is 112. The lowest BCUT2D eigenvalue weighted by Crippen LogP contribution is -2.61. The van der Waals surface area contributed by atoms with Crippen molar-refractivity contribution in [2.75, 3.05) is 45.9 Å². The van der Waals surface area contributed by atoms with Crippen molar-refractivity contribution in [1.82, 2.24) is 94.5 Å². The van der Waals surface area contributed by atoms with E-state index in [0.29, 0.717) is 27.6 Å². The Kier molecular flexibility index (Phi) is 43.2. The lowest BCUT2D eigenvalue weighted by atomic mass is 10.0. The van der Waals surface area contributed by atoms with Gasteiger partial charge in [0.25, 0.3) is 0 Å². The number of fused-ring (bicyclic) bond motifs is 1. The number of para-hydroxylation sites is 1. The lowest BCUT2D eigenvalue weighted by Gasteiger charge is -2.34. The SMILES string of the molecule is CC(C)C[C@H](NC(=O)[C@H](CCCNC(=N)N)NC(=O)[C@@H]1CCCN1C(=O)[C@@H]1CCCN1C(=O)[C@H](CCCNC(=N)N)NC(=O)[C@H](CCCNC(=N)N)NC(=O)[C@H](Cc1ccc(O)cc1)NC(=O)[C@H](CC(=O)O)NC(=O)[C@H](Cc1c[nH]c2ccccc12)NC(=O)[C@H](CO)NC(=O)[C@@H](N)CO)C(=O)N[C@@H](C)C(=O)N[C@@H](CC(N)=O)C(=O)N[C@@H](Cc1ccccc1)C(=O)N[C@@H](Cc1ccccc1)C(=O)O. The van der Waals surface area contributed by atoms with Gasteiger partial charge in [-0.2, -0.15) is 0 Å². The second kappa shape index (κ2) is 54.3. The number of amides is 15. The van der Waals surface area contributed by atoms with E-state index in [1.165, 1.54) is 47.2 Å². The number of carbonyl (C=O) groups excluding carboxylic acids is 15.